The number of aryl methyl sites for hydroxylation is 1. The molecule has 0 saturated carbocycles. The van der Waals surface area contributed by atoms with Crippen LogP contribution in [0.5, 0.6) is 11.5 Å². The molecule has 0 aromatic heterocycles. The van der Waals surface area contributed by atoms with Gasteiger partial charge in [-0.2, -0.15) is 0 Å². The molecule has 1 atom stereocenters. The third-order valence-corrected chi connectivity index (χ3v) is 3.25. The molecule has 0 radical (unpaired) electrons. The van der Waals surface area contributed by atoms with Gasteiger partial charge in [-0.3, -0.25) is 0 Å². The highest BCUT2D eigenvalue weighted by atomic mass is 19.1. The van der Waals surface area contributed by atoms with Crippen LogP contribution in [0.1, 0.15) is 23.7 Å². The van der Waals surface area contributed by atoms with Crippen molar-refractivity contribution in [2.24, 2.45) is 0 Å². The van der Waals surface area contributed by atoms with Crippen LogP contribution in [0.2, 0.25) is 0 Å². The standard InChI is InChI=1S/C15H13FO2/c16-13-9-11(17)6-7-12(13)15-8-5-10-3-1-2-4-14(10)18-15/h1-4,6-7,9,15,17H,5,8H2. The molecule has 0 amide bonds. The Morgan fingerprint density at radius 2 is 2.00 bits per heavy atom. The predicted molar refractivity (Wildman–Crippen MR) is 66.2 cm³/mol. The third kappa shape index (κ3) is 1.92. The molecule has 2 aromatic rings. The predicted octanol–water partition coefficient (Wildman–Crippen LogP) is 3.60. The zero-order chi connectivity index (χ0) is 12.5. The van der Waals surface area contributed by atoms with Crippen molar-refractivity contribution in [2.75, 3.05) is 0 Å². The van der Waals surface area contributed by atoms with E-state index in [0.29, 0.717) is 5.56 Å². The minimum absolute atomic E-state index is 0.0625. The van der Waals surface area contributed by atoms with E-state index in [4.69, 9.17) is 4.74 Å². The average molecular weight is 244 g/mol. The number of fused-ring (bicyclic) bond motifs is 1. The van der Waals surface area contributed by atoms with Gasteiger partial charge in [0, 0.05) is 11.6 Å². The van der Waals surface area contributed by atoms with Gasteiger partial charge in [0.25, 0.3) is 0 Å². The van der Waals surface area contributed by atoms with Gasteiger partial charge in [0.1, 0.15) is 23.4 Å². The van der Waals surface area contributed by atoms with E-state index >= 15 is 0 Å². The van der Waals surface area contributed by atoms with Crippen LogP contribution in [-0.4, -0.2) is 5.11 Å². The van der Waals surface area contributed by atoms with Gasteiger partial charge in [-0.1, -0.05) is 18.2 Å². The molecule has 92 valence electrons. The molecule has 1 aliphatic rings. The lowest BCUT2D eigenvalue weighted by Crippen LogP contribution is -2.16. The van der Waals surface area contributed by atoms with Gasteiger partial charge in [-0.15, -0.1) is 0 Å². The highest BCUT2D eigenvalue weighted by Gasteiger charge is 2.23. The van der Waals surface area contributed by atoms with Crippen molar-refractivity contribution in [3.8, 4) is 11.5 Å². The van der Waals surface area contributed by atoms with Gasteiger partial charge >= 0.3 is 0 Å². The first-order valence-corrected chi connectivity index (χ1v) is 5.97. The molecule has 1 N–H and O–H groups in total. The first-order chi connectivity index (χ1) is 8.74. The van der Waals surface area contributed by atoms with Crippen LogP contribution in [-0.2, 0) is 6.42 Å². The Morgan fingerprint density at radius 1 is 1.17 bits per heavy atom. The number of ether oxygens (including phenoxy) is 1. The molecule has 3 rings (SSSR count). The average Bonchev–Trinajstić information content (AvgIpc) is 2.38. The fourth-order valence-electron chi connectivity index (χ4n) is 2.32. The molecular formula is C15H13FO2. The smallest absolute Gasteiger partial charge is 0.133 e. The first-order valence-electron chi connectivity index (χ1n) is 5.97. The molecule has 2 nitrogen and oxygen atoms in total. The molecule has 0 saturated heterocycles. The van der Waals surface area contributed by atoms with Crippen molar-refractivity contribution in [3.05, 3.63) is 59.4 Å². The molecule has 18 heavy (non-hydrogen) atoms. The summed E-state index contributed by atoms with van der Waals surface area (Å²) in [6, 6.07) is 12.0. The highest BCUT2D eigenvalue weighted by Crippen LogP contribution is 2.36. The van der Waals surface area contributed by atoms with Crippen LogP contribution >= 0.6 is 0 Å². The van der Waals surface area contributed by atoms with E-state index in [2.05, 4.69) is 0 Å². The number of hydrogen-bond acceptors (Lipinski definition) is 2. The van der Waals surface area contributed by atoms with Crippen LogP contribution in [0.15, 0.2) is 42.5 Å². The van der Waals surface area contributed by atoms with E-state index in [1.807, 2.05) is 24.3 Å². The second kappa shape index (κ2) is 4.33. The van der Waals surface area contributed by atoms with Crippen LogP contribution in [0.4, 0.5) is 4.39 Å². The largest absolute Gasteiger partial charge is 0.508 e. The van der Waals surface area contributed by atoms with Crippen LogP contribution in [0, 0.1) is 5.82 Å². The Morgan fingerprint density at radius 3 is 2.83 bits per heavy atom. The molecule has 0 spiro atoms. The number of aromatic hydroxyl groups is 1. The minimum atomic E-state index is -0.417. The van der Waals surface area contributed by atoms with Gasteiger partial charge in [-0.05, 0) is 36.6 Å². The van der Waals surface area contributed by atoms with Crippen LogP contribution in [0.3, 0.4) is 0 Å². The Hall–Kier alpha value is -2.03. The lowest BCUT2D eigenvalue weighted by molar-refractivity contribution is 0.172. The molecular weight excluding hydrogens is 231 g/mol. The first kappa shape index (κ1) is 11.1. The molecule has 0 aliphatic carbocycles. The second-order valence-corrected chi connectivity index (χ2v) is 4.46. The molecule has 2 aromatic carbocycles. The third-order valence-electron chi connectivity index (χ3n) is 3.25. The number of phenolic OH excluding ortho intramolecular Hbond substituents is 1. The van der Waals surface area contributed by atoms with Crippen molar-refractivity contribution in [2.45, 2.75) is 18.9 Å². The Balaban J connectivity index is 1.92. The molecule has 1 aliphatic heterocycles. The lowest BCUT2D eigenvalue weighted by Gasteiger charge is -2.26. The summed E-state index contributed by atoms with van der Waals surface area (Å²) in [5.41, 5.74) is 1.66. The van der Waals surface area contributed by atoms with E-state index < -0.39 is 5.82 Å². The summed E-state index contributed by atoms with van der Waals surface area (Å²) in [6.45, 7) is 0. The SMILES string of the molecule is Oc1ccc(C2CCc3ccccc3O2)c(F)c1. The summed E-state index contributed by atoms with van der Waals surface area (Å²) in [5, 5.41) is 9.21. The highest BCUT2D eigenvalue weighted by molar-refractivity contribution is 5.37. The number of benzene rings is 2. The zero-order valence-corrected chi connectivity index (χ0v) is 9.77. The monoisotopic (exact) mass is 244 g/mol. The number of halogens is 1. The van der Waals surface area contributed by atoms with Gasteiger partial charge < -0.3 is 9.84 Å². The second-order valence-electron chi connectivity index (χ2n) is 4.46. The number of phenols is 1. The minimum Gasteiger partial charge on any atom is -0.508 e. The Labute approximate surface area is 105 Å². The van der Waals surface area contributed by atoms with Crippen molar-refractivity contribution < 1.29 is 14.2 Å². The summed E-state index contributed by atoms with van der Waals surface area (Å²) >= 11 is 0. The summed E-state index contributed by atoms with van der Waals surface area (Å²) in [6.07, 6.45) is 1.35. The quantitative estimate of drug-likeness (QED) is 0.830. The topological polar surface area (TPSA) is 29.5 Å². The van der Waals surface area contributed by atoms with Gasteiger partial charge in [-0.25, -0.2) is 4.39 Å². The van der Waals surface area contributed by atoms with E-state index in [1.54, 1.807) is 6.07 Å². The fraction of sp³-hybridized carbons (Fsp3) is 0.200. The Kier molecular flexibility index (Phi) is 2.67. The van der Waals surface area contributed by atoms with Gasteiger partial charge in [0.15, 0.2) is 0 Å². The number of para-hydroxylation sites is 1. The summed E-state index contributed by atoms with van der Waals surface area (Å²) in [7, 11) is 0. The molecule has 1 unspecified atom stereocenters. The summed E-state index contributed by atoms with van der Waals surface area (Å²) < 4.78 is 19.6. The van der Waals surface area contributed by atoms with Gasteiger partial charge in [0.05, 0.1) is 0 Å². The van der Waals surface area contributed by atoms with Crippen molar-refractivity contribution in [1.29, 1.82) is 0 Å². The van der Waals surface area contributed by atoms with E-state index in [1.165, 1.54) is 6.07 Å². The number of hydrogen-bond donors (Lipinski definition) is 1. The van der Waals surface area contributed by atoms with E-state index in [0.717, 1.165) is 30.2 Å². The zero-order valence-electron chi connectivity index (χ0n) is 9.77. The maximum absolute atomic E-state index is 13.8. The summed E-state index contributed by atoms with van der Waals surface area (Å²) in [4.78, 5) is 0. The number of rotatable bonds is 1. The van der Waals surface area contributed by atoms with Crippen LogP contribution in [0.25, 0.3) is 0 Å². The van der Waals surface area contributed by atoms with E-state index in [9.17, 15) is 9.50 Å². The Bertz CT molecular complexity index is 580. The molecule has 3 heteroatoms. The van der Waals surface area contributed by atoms with Crippen LogP contribution < -0.4 is 4.74 Å². The van der Waals surface area contributed by atoms with E-state index in [-0.39, 0.29) is 11.9 Å². The maximum Gasteiger partial charge on any atom is 0.133 e. The maximum atomic E-state index is 13.8. The fourth-order valence-corrected chi connectivity index (χ4v) is 2.32. The van der Waals surface area contributed by atoms with Crippen molar-refractivity contribution >= 4 is 0 Å². The summed E-state index contributed by atoms with van der Waals surface area (Å²) in [5.74, 6) is 0.341. The molecule has 0 fully saturated rings. The van der Waals surface area contributed by atoms with Crippen molar-refractivity contribution in [1.82, 2.24) is 0 Å². The molecule has 1 heterocycles. The lowest BCUT2D eigenvalue weighted by atomic mass is 9.97. The van der Waals surface area contributed by atoms with Crippen molar-refractivity contribution in [3.63, 3.8) is 0 Å². The normalized spacial score (nSPS) is 17.9. The van der Waals surface area contributed by atoms with Gasteiger partial charge in [0.2, 0.25) is 0 Å². The molecule has 0 bridgehead atoms.